The fourth-order valence-electron chi connectivity index (χ4n) is 1.84. The van der Waals surface area contributed by atoms with Crippen molar-refractivity contribution in [3.63, 3.8) is 0 Å². The second-order valence-electron chi connectivity index (χ2n) is 3.93. The Labute approximate surface area is 109 Å². The summed E-state index contributed by atoms with van der Waals surface area (Å²) in [5.74, 6) is 0.325. The summed E-state index contributed by atoms with van der Waals surface area (Å²) >= 11 is 0. The highest BCUT2D eigenvalue weighted by atomic mass is 32.2. The molecule has 0 spiro atoms. The first-order valence-electron chi connectivity index (χ1n) is 5.52. The molecule has 1 aromatic carbocycles. The normalized spacial score (nSPS) is 11.6. The number of aromatic nitrogens is 3. The molecule has 0 unspecified atom stereocenters. The lowest BCUT2D eigenvalue weighted by atomic mass is 10.2. The van der Waals surface area contributed by atoms with Gasteiger partial charge in [0.1, 0.15) is 5.82 Å². The first-order chi connectivity index (χ1) is 9.17. The quantitative estimate of drug-likeness (QED) is 0.761. The lowest BCUT2D eigenvalue weighted by Gasteiger charge is -2.08. The minimum atomic E-state index is -3.66. The maximum Gasteiger partial charge on any atom is 0.263 e. The van der Waals surface area contributed by atoms with Gasteiger partial charge in [-0.25, -0.2) is 8.42 Å². The molecule has 2 N–H and O–H groups in total. The number of hydrogen-bond acceptors (Lipinski definition) is 4. The maximum absolute atomic E-state index is 12.3. The standard InChI is InChI=1S/C12H10N4O2S/c17-19(18,16-12-5-7-14-15-12)11-3-1-2-9-8-13-6-4-10(9)11/h1-8H,(H2,14,15,16). The van der Waals surface area contributed by atoms with Gasteiger partial charge in [-0.3, -0.25) is 14.8 Å². The van der Waals surface area contributed by atoms with Crippen molar-refractivity contribution >= 4 is 26.6 Å². The molecule has 0 fully saturated rings. The zero-order valence-electron chi connectivity index (χ0n) is 9.74. The number of aromatic amines is 1. The van der Waals surface area contributed by atoms with Crippen LogP contribution >= 0.6 is 0 Å². The van der Waals surface area contributed by atoms with Crippen LogP contribution in [0.2, 0.25) is 0 Å². The first-order valence-corrected chi connectivity index (χ1v) is 7.00. The van der Waals surface area contributed by atoms with E-state index in [-0.39, 0.29) is 4.90 Å². The second kappa shape index (κ2) is 4.36. The van der Waals surface area contributed by atoms with Crippen molar-refractivity contribution in [2.75, 3.05) is 4.72 Å². The van der Waals surface area contributed by atoms with E-state index in [0.717, 1.165) is 5.39 Å². The number of sulfonamides is 1. The van der Waals surface area contributed by atoms with Crippen LogP contribution in [-0.4, -0.2) is 23.6 Å². The molecule has 7 heteroatoms. The molecule has 0 atom stereocenters. The third-order valence-electron chi connectivity index (χ3n) is 2.68. The number of nitrogens with zero attached hydrogens (tertiary/aromatic N) is 2. The van der Waals surface area contributed by atoms with Crippen molar-refractivity contribution in [3.8, 4) is 0 Å². The van der Waals surface area contributed by atoms with Gasteiger partial charge in [-0.05, 0) is 12.1 Å². The number of pyridine rings is 1. The van der Waals surface area contributed by atoms with Gasteiger partial charge in [0, 0.05) is 29.2 Å². The van der Waals surface area contributed by atoms with Crippen LogP contribution in [0.1, 0.15) is 0 Å². The van der Waals surface area contributed by atoms with Crippen LogP contribution in [0.25, 0.3) is 10.8 Å². The predicted molar refractivity (Wildman–Crippen MR) is 71.1 cm³/mol. The molecule has 0 aliphatic rings. The van der Waals surface area contributed by atoms with Gasteiger partial charge in [-0.2, -0.15) is 5.10 Å². The number of benzene rings is 1. The molecular weight excluding hydrogens is 264 g/mol. The number of hydrogen-bond donors (Lipinski definition) is 2. The van der Waals surface area contributed by atoms with Crippen LogP contribution in [0.4, 0.5) is 5.82 Å². The molecule has 6 nitrogen and oxygen atoms in total. The summed E-state index contributed by atoms with van der Waals surface area (Å²) in [5.41, 5.74) is 0. The van der Waals surface area contributed by atoms with Gasteiger partial charge < -0.3 is 0 Å². The molecule has 96 valence electrons. The Morgan fingerprint density at radius 1 is 1.11 bits per heavy atom. The van der Waals surface area contributed by atoms with Crippen molar-refractivity contribution in [2.45, 2.75) is 4.90 Å². The number of nitrogens with one attached hydrogen (secondary N) is 2. The van der Waals surface area contributed by atoms with Crippen molar-refractivity contribution in [3.05, 3.63) is 48.9 Å². The second-order valence-corrected chi connectivity index (χ2v) is 5.58. The zero-order chi connectivity index (χ0) is 13.3. The zero-order valence-corrected chi connectivity index (χ0v) is 10.6. The molecule has 0 radical (unpaired) electrons. The van der Waals surface area contributed by atoms with Crippen LogP contribution < -0.4 is 4.72 Å². The molecule has 0 amide bonds. The van der Waals surface area contributed by atoms with Gasteiger partial charge in [-0.15, -0.1) is 0 Å². The first kappa shape index (κ1) is 11.7. The van der Waals surface area contributed by atoms with Crippen LogP contribution in [-0.2, 0) is 10.0 Å². The largest absolute Gasteiger partial charge is 0.264 e. The lowest BCUT2D eigenvalue weighted by Crippen LogP contribution is -2.13. The van der Waals surface area contributed by atoms with Gasteiger partial charge in [-0.1, -0.05) is 12.1 Å². The summed E-state index contributed by atoms with van der Waals surface area (Å²) in [4.78, 5) is 4.19. The van der Waals surface area contributed by atoms with Crippen LogP contribution in [0.15, 0.2) is 53.8 Å². The van der Waals surface area contributed by atoms with E-state index >= 15 is 0 Å². The monoisotopic (exact) mass is 274 g/mol. The molecule has 0 saturated heterocycles. The third kappa shape index (κ3) is 2.15. The SMILES string of the molecule is O=S(=O)(Nc1ccn[nH]1)c1cccc2cnccc12. The lowest BCUT2D eigenvalue weighted by molar-refractivity contribution is 0.602. The van der Waals surface area contributed by atoms with Gasteiger partial charge >= 0.3 is 0 Å². The number of H-pyrrole nitrogens is 1. The van der Waals surface area contributed by atoms with Crippen LogP contribution in [0, 0.1) is 0 Å². The van der Waals surface area contributed by atoms with Crippen LogP contribution in [0.3, 0.4) is 0 Å². The average molecular weight is 274 g/mol. The summed E-state index contributed by atoms with van der Waals surface area (Å²) < 4.78 is 27.1. The topological polar surface area (TPSA) is 87.7 Å². The predicted octanol–water partition coefficient (Wildman–Crippen LogP) is 1.76. The molecular formula is C12H10N4O2S. The molecule has 0 aliphatic carbocycles. The van der Waals surface area contributed by atoms with Crippen molar-refractivity contribution in [1.29, 1.82) is 0 Å². The summed E-state index contributed by atoms with van der Waals surface area (Å²) in [5, 5.41) is 7.66. The van der Waals surface area contributed by atoms with Gasteiger partial charge in [0.05, 0.1) is 11.1 Å². The van der Waals surface area contributed by atoms with Gasteiger partial charge in [0.25, 0.3) is 10.0 Å². The Hall–Kier alpha value is -2.41. The van der Waals surface area contributed by atoms with E-state index < -0.39 is 10.0 Å². The molecule has 0 bridgehead atoms. The fourth-order valence-corrected chi connectivity index (χ4v) is 3.09. The summed E-state index contributed by atoms with van der Waals surface area (Å²) in [6, 6.07) is 8.28. The molecule has 0 aliphatic heterocycles. The summed E-state index contributed by atoms with van der Waals surface area (Å²) in [6.45, 7) is 0. The van der Waals surface area contributed by atoms with E-state index in [1.54, 1.807) is 36.7 Å². The molecule has 2 aromatic heterocycles. The van der Waals surface area contributed by atoms with E-state index in [9.17, 15) is 8.42 Å². The van der Waals surface area contributed by atoms with Crippen molar-refractivity contribution in [2.24, 2.45) is 0 Å². The highest BCUT2D eigenvalue weighted by Gasteiger charge is 2.17. The van der Waals surface area contributed by atoms with E-state index in [0.29, 0.717) is 11.2 Å². The summed E-state index contributed by atoms with van der Waals surface area (Å²) in [7, 11) is -3.66. The van der Waals surface area contributed by atoms with E-state index in [1.807, 2.05) is 6.07 Å². The Balaban J connectivity index is 2.13. The Kier molecular flexibility index (Phi) is 2.68. The average Bonchev–Trinajstić information content (AvgIpc) is 2.90. The Bertz CT molecular complexity index is 807. The number of fused-ring (bicyclic) bond motifs is 1. The van der Waals surface area contributed by atoms with Crippen molar-refractivity contribution in [1.82, 2.24) is 15.2 Å². The fraction of sp³-hybridized carbons (Fsp3) is 0. The van der Waals surface area contributed by atoms with E-state index in [2.05, 4.69) is 19.9 Å². The van der Waals surface area contributed by atoms with Crippen molar-refractivity contribution < 1.29 is 8.42 Å². The Morgan fingerprint density at radius 2 is 2.00 bits per heavy atom. The maximum atomic E-state index is 12.3. The third-order valence-corrected chi connectivity index (χ3v) is 4.10. The summed E-state index contributed by atoms with van der Waals surface area (Å²) in [6.07, 6.45) is 4.67. The minimum absolute atomic E-state index is 0.210. The number of rotatable bonds is 3. The van der Waals surface area contributed by atoms with E-state index in [4.69, 9.17) is 0 Å². The Morgan fingerprint density at radius 3 is 2.79 bits per heavy atom. The molecule has 0 saturated carbocycles. The molecule has 2 heterocycles. The molecule has 19 heavy (non-hydrogen) atoms. The minimum Gasteiger partial charge on any atom is -0.264 e. The molecule has 3 aromatic rings. The van der Waals surface area contributed by atoms with Gasteiger partial charge in [0.15, 0.2) is 0 Å². The van der Waals surface area contributed by atoms with Gasteiger partial charge in [0.2, 0.25) is 0 Å². The molecule has 3 rings (SSSR count). The highest BCUT2D eigenvalue weighted by molar-refractivity contribution is 7.93. The highest BCUT2D eigenvalue weighted by Crippen LogP contribution is 2.23. The van der Waals surface area contributed by atoms with E-state index in [1.165, 1.54) is 6.20 Å². The van der Waals surface area contributed by atoms with Crippen LogP contribution in [0.5, 0.6) is 0 Å². The smallest absolute Gasteiger partial charge is 0.263 e. The number of anilines is 1.